The summed E-state index contributed by atoms with van der Waals surface area (Å²) in [5.74, 6) is 1.89. The lowest BCUT2D eigenvalue weighted by Crippen LogP contribution is -2.00. The largest absolute Gasteiger partial charge is 0.456 e. The quantitative estimate of drug-likeness (QED) is 0.186. The van der Waals surface area contributed by atoms with Crippen LogP contribution < -0.4 is 0 Å². The van der Waals surface area contributed by atoms with Gasteiger partial charge in [0.2, 0.25) is 0 Å². The summed E-state index contributed by atoms with van der Waals surface area (Å²) in [5.41, 5.74) is 9.27. The maximum absolute atomic E-state index is 6.17. The van der Waals surface area contributed by atoms with Gasteiger partial charge in [0.25, 0.3) is 0 Å². The third-order valence-corrected chi connectivity index (χ3v) is 9.69. The van der Waals surface area contributed by atoms with Gasteiger partial charge in [-0.05, 0) is 80.2 Å². The fraction of sp³-hybridized carbons (Fsp3) is 0. The van der Waals surface area contributed by atoms with Crippen LogP contribution in [-0.2, 0) is 0 Å². The van der Waals surface area contributed by atoms with E-state index in [4.69, 9.17) is 19.4 Å². The lowest BCUT2D eigenvalue weighted by atomic mass is 10.00. The van der Waals surface area contributed by atoms with Crippen LogP contribution in [0.4, 0.5) is 0 Å². The van der Waals surface area contributed by atoms with E-state index in [2.05, 4.69) is 146 Å². The topological polar surface area (TPSA) is 51.8 Å². The standard InChI is InChI=1S/C47H29N3O/c1-3-9-30(10-4-1)32-15-17-33(18-16-32)45-48-46(38-23-21-35-25-34(19-20-36(35)26-38)31-11-5-2-6-12-31)50-47(49-45)39-24-22-37-29-44-42(28-40(37)27-39)41-13-7-8-14-43(41)51-44/h1-29H. The number of fused-ring (bicyclic) bond motifs is 5. The summed E-state index contributed by atoms with van der Waals surface area (Å²) in [4.78, 5) is 15.3. The van der Waals surface area contributed by atoms with Gasteiger partial charge in [-0.25, -0.2) is 15.0 Å². The van der Waals surface area contributed by atoms with E-state index < -0.39 is 0 Å². The summed E-state index contributed by atoms with van der Waals surface area (Å²) in [5, 5.41) is 6.69. The maximum Gasteiger partial charge on any atom is 0.164 e. The van der Waals surface area contributed by atoms with Crippen LogP contribution in [0.5, 0.6) is 0 Å². The zero-order chi connectivity index (χ0) is 33.7. The summed E-state index contributed by atoms with van der Waals surface area (Å²) in [6, 6.07) is 61.2. The highest BCUT2D eigenvalue weighted by molar-refractivity contribution is 6.10. The van der Waals surface area contributed by atoms with Crippen LogP contribution in [0.15, 0.2) is 180 Å². The number of aromatic nitrogens is 3. The number of benzene rings is 8. The predicted molar refractivity (Wildman–Crippen MR) is 209 cm³/mol. The van der Waals surface area contributed by atoms with Gasteiger partial charge in [-0.2, -0.15) is 0 Å². The molecule has 0 fully saturated rings. The third kappa shape index (κ3) is 5.31. The highest BCUT2D eigenvalue weighted by atomic mass is 16.3. The van der Waals surface area contributed by atoms with Gasteiger partial charge in [-0.3, -0.25) is 0 Å². The summed E-state index contributed by atoms with van der Waals surface area (Å²) in [7, 11) is 0. The van der Waals surface area contributed by atoms with E-state index in [1.165, 1.54) is 22.1 Å². The van der Waals surface area contributed by atoms with Crippen LogP contribution >= 0.6 is 0 Å². The molecule has 51 heavy (non-hydrogen) atoms. The highest BCUT2D eigenvalue weighted by Gasteiger charge is 2.15. The van der Waals surface area contributed by atoms with Crippen molar-refractivity contribution in [3.63, 3.8) is 0 Å². The Morgan fingerprint density at radius 3 is 1.39 bits per heavy atom. The van der Waals surface area contributed by atoms with E-state index in [-0.39, 0.29) is 0 Å². The normalized spacial score (nSPS) is 11.5. The molecule has 238 valence electrons. The van der Waals surface area contributed by atoms with Gasteiger partial charge in [-0.15, -0.1) is 0 Å². The molecular formula is C47H29N3O. The van der Waals surface area contributed by atoms with E-state index in [1.807, 2.05) is 30.3 Å². The van der Waals surface area contributed by atoms with Gasteiger partial charge in [-0.1, -0.05) is 140 Å². The molecule has 0 aliphatic carbocycles. The number of furan rings is 1. The molecule has 2 aromatic heterocycles. The Morgan fingerprint density at radius 1 is 0.275 bits per heavy atom. The molecule has 4 nitrogen and oxygen atoms in total. The minimum Gasteiger partial charge on any atom is -0.456 e. The predicted octanol–water partition coefficient (Wildman–Crippen LogP) is 12.4. The van der Waals surface area contributed by atoms with Crippen LogP contribution in [-0.4, -0.2) is 15.0 Å². The number of rotatable bonds is 5. The lowest BCUT2D eigenvalue weighted by molar-refractivity contribution is 0.669. The molecule has 10 rings (SSSR count). The van der Waals surface area contributed by atoms with Crippen LogP contribution in [0.25, 0.3) is 99.9 Å². The van der Waals surface area contributed by atoms with Crippen molar-refractivity contribution in [2.75, 3.05) is 0 Å². The van der Waals surface area contributed by atoms with Crippen molar-refractivity contribution in [3.05, 3.63) is 176 Å². The van der Waals surface area contributed by atoms with Gasteiger partial charge in [0.05, 0.1) is 0 Å². The first-order valence-electron chi connectivity index (χ1n) is 17.1. The van der Waals surface area contributed by atoms with Crippen molar-refractivity contribution < 1.29 is 4.42 Å². The van der Waals surface area contributed by atoms with E-state index >= 15 is 0 Å². The van der Waals surface area contributed by atoms with E-state index in [1.54, 1.807) is 0 Å². The minimum absolute atomic E-state index is 0.626. The van der Waals surface area contributed by atoms with E-state index in [9.17, 15) is 0 Å². The number of para-hydroxylation sites is 1. The number of nitrogens with zero attached hydrogens (tertiary/aromatic N) is 3. The van der Waals surface area contributed by atoms with Crippen LogP contribution in [0.2, 0.25) is 0 Å². The van der Waals surface area contributed by atoms with Crippen molar-refractivity contribution >= 4 is 43.5 Å². The second-order valence-corrected chi connectivity index (χ2v) is 12.9. The Hall–Kier alpha value is -6.91. The van der Waals surface area contributed by atoms with Crippen LogP contribution in [0.1, 0.15) is 0 Å². The van der Waals surface area contributed by atoms with Crippen molar-refractivity contribution in [3.8, 4) is 56.4 Å². The molecule has 0 N–H and O–H groups in total. The molecule has 2 heterocycles. The molecule has 0 bridgehead atoms. The van der Waals surface area contributed by atoms with Crippen molar-refractivity contribution in [1.82, 2.24) is 15.0 Å². The fourth-order valence-electron chi connectivity index (χ4n) is 7.01. The summed E-state index contributed by atoms with van der Waals surface area (Å²) < 4.78 is 6.17. The van der Waals surface area contributed by atoms with Crippen molar-refractivity contribution in [2.45, 2.75) is 0 Å². The van der Waals surface area contributed by atoms with Gasteiger partial charge in [0.15, 0.2) is 17.5 Å². The number of hydrogen-bond donors (Lipinski definition) is 0. The Morgan fingerprint density at radius 2 is 0.725 bits per heavy atom. The Balaban J connectivity index is 1.10. The van der Waals surface area contributed by atoms with Gasteiger partial charge in [0.1, 0.15) is 11.2 Å². The van der Waals surface area contributed by atoms with Gasteiger partial charge < -0.3 is 4.42 Å². The second-order valence-electron chi connectivity index (χ2n) is 12.9. The molecule has 4 heteroatoms. The molecule has 8 aromatic carbocycles. The zero-order valence-electron chi connectivity index (χ0n) is 27.5. The first-order chi connectivity index (χ1) is 25.2. The zero-order valence-corrected chi connectivity index (χ0v) is 27.5. The number of hydrogen-bond acceptors (Lipinski definition) is 4. The van der Waals surface area contributed by atoms with Crippen molar-refractivity contribution in [1.29, 1.82) is 0 Å². The van der Waals surface area contributed by atoms with Crippen LogP contribution in [0.3, 0.4) is 0 Å². The second kappa shape index (κ2) is 11.9. The minimum atomic E-state index is 0.626. The monoisotopic (exact) mass is 651 g/mol. The Bertz CT molecular complexity index is 2900. The van der Waals surface area contributed by atoms with Crippen molar-refractivity contribution in [2.24, 2.45) is 0 Å². The molecule has 0 aliphatic heterocycles. The fourth-order valence-corrected chi connectivity index (χ4v) is 7.01. The maximum atomic E-state index is 6.17. The summed E-state index contributed by atoms with van der Waals surface area (Å²) in [6.07, 6.45) is 0. The molecule has 0 unspecified atom stereocenters. The SMILES string of the molecule is c1ccc(-c2ccc(-c3nc(-c4ccc5cc(-c6ccccc6)ccc5c4)nc(-c4ccc5cc6oc7ccccc7c6cc5c4)n3)cc2)cc1. The molecule has 0 amide bonds. The first-order valence-corrected chi connectivity index (χ1v) is 17.1. The molecular weight excluding hydrogens is 623 g/mol. The smallest absolute Gasteiger partial charge is 0.164 e. The molecule has 0 radical (unpaired) electrons. The first kappa shape index (κ1) is 29.0. The molecule has 0 atom stereocenters. The van der Waals surface area contributed by atoms with E-state index in [0.717, 1.165) is 60.4 Å². The third-order valence-electron chi connectivity index (χ3n) is 9.69. The average Bonchev–Trinajstić information content (AvgIpc) is 3.57. The lowest BCUT2D eigenvalue weighted by Gasteiger charge is -2.11. The Kier molecular flexibility index (Phi) is 6.78. The average molecular weight is 652 g/mol. The Labute approximate surface area is 294 Å². The molecule has 0 aliphatic rings. The molecule has 0 saturated carbocycles. The summed E-state index contributed by atoms with van der Waals surface area (Å²) in [6.45, 7) is 0. The van der Waals surface area contributed by atoms with Crippen LogP contribution in [0, 0.1) is 0 Å². The summed E-state index contributed by atoms with van der Waals surface area (Å²) >= 11 is 0. The highest BCUT2D eigenvalue weighted by Crippen LogP contribution is 2.35. The van der Waals surface area contributed by atoms with Gasteiger partial charge in [0, 0.05) is 27.5 Å². The molecule has 0 spiro atoms. The van der Waals surface area contributed by atoms with E-state index in [0.29, 0.717) is 17.5 Å². The van der Waals surface area contributed by atoms with Gasteiger partial charge >= 0.3 is 0 Å². The molecule has 0 saturated heterocycles. The molecule has 10 aromatic rings.